The van der Waals surface area contributed by atoms with Gasteiger partial charge in [-0.3, -0.25) is 15.0 Å². The van der Waals surface area contributed by atoms with Crippen LogP contribution in [0.1, 0.15) is 47.8 Å². The Hall–Kier alpha value is -3.45. The first-order valence-electron chi connectivity index (χ1n) is 10.2. The van der Waals surface area contributed by atoms with Crippen molar-refractivity contribution in [3.63, 3.8) is 0 Å². The van der Waals surface area contributed by atoms with Crippen molar-refractivity contribution >= 4 is 28.4 Å². The number of amidine groups is 1. The van der Waals surface area contributed by atoms with Crippen LogP contribution in [0.2, 0.25) is 0 Å². The third kappa shape index (κ3) is 4.67. The van der Waals surface area contributed by atoms with E-state index in [9.17, 15) is 9.59 Å². The number of amides is 1. The number of aromatic nitrogens is 1. The van der Waals surface area contributed by atoms with Crippen LogP contribution in [0.15, 0.2) is 48.7 Å². The molecule has 0 fully saturated rings. The molecular weight excluding hydrogens is 390 g/mol. The largest absolute Gasteiger partial charge is 0.384 e. The lowest BCUT2D eigenvalue weighted by atomic mass is 9.76. The minimum Gasteiger partial charge on any atom is -0.384 e. The van der Waals surface area contributed by atoms with E-state index in [0.29, 0.717) is 24.1 Å². The summed E-state index contributed by atoms with van der Waals surface area (Å²) in [6.07, 6.45) is 2.38. The second-order valence-corrected chi connectivity index (χ2v) is 8.39. The molecule has 1 heterocycles. The first-order valence-corrected chi connectivity index (χ1v) is 10.2. The van der Waals surface area contributed by atoms with Gasteiger partial charge >= 0.3 is 0 Å². The van der Waals surface area contributed by atoms with E-state index in [-0.39, 0.29) is 17.5 Å². The van der Waals surface area contributed by atoms with Gasteiger partial charge in [-0.25, -0.2) is 0 Å². The average Bonchev–Trinajstić information content (AvgIpc) is 3.16. The number of hydrogen-bond donors (Lipinski definition) is 5. The number of carbonyl (C=O) groups is 2. The van der Waals surface area contributed by atoms with Gasteiger partial charge < -0.3 is 21.8 Å². The quantitative estimate of drug-likeness (QED) is 0.283. The molecule has 7 nitrogen and oxygen atoms in total. The van der Waals surface area contributed by atoms with Gasteiger partial charge in [-0.05, 0) is 48.7 Å². The molecule has 0 radical (unpaired) electrons. The molecule has 3 rings (SSSR count). The molecule has 3 aromatic rings. The second-order valence-electron chi connectivity index (χ2n) is 8.39. The summed E-state index contributed by atoms with van der Waals surface area (Å²) in [5.74, 6) is -0.208. The van der Waals surface area contributed by atoms with E-state index in [1.807, 2.05) is 44.2 Å². The van der Waals surface area contributed by atoms with Gasteiger partial charge in [0.1, 0.15) is 11.6 Å². The number of rotatable bonds is 8. The molecule has 1 atom stereocenters. The molecule has 0 bridgehead atoms. The molecule has 1 aromatic heterocycles. The minimum absolute atomic E-state index is 0.0209. The van der Waals surface area contributed by atoms with Crippen LogP contribution in [0.3, 0.4) is 0 Å². The number of aromatic amines is 1. The Labute approximate surface area is 181 Å². The molecule has 2 aromatic carbocycles. The van der Waals surface area contributed by atoms with E-state index < -0.39 is 11.5 Å². The summed E-state index contributed by atoms with van der Waals surface area (Å²) < 4.78 is 0. The average molecular weight is 420 g/mol. The maximum absolute atomic E-state index is 12.5. The van der Waals surface area contributed by atoms with E-state index in [0.717, 1.165) is 22.0 Å². The SMILES string of the molecule is CC(=O)C(N)C(C)(C)c1ccc(C(=O)NCCc2ccc3[nH]cc(C(=N)N)c3c2)cc1. The summed E-state index contributed by atoms with van der Waals surface area (Å²) in [5, 5.41) is 11.5. The van der Waals surface area contributed by atoms with Crippen molar-refractivity contribution < 1.29 is 9.59 Å². The number of nitrogens with one attached hydrogen (secondary N) is 3. The van der Waals surface area contributed by atoms with Gasteiger partial charge in [0.25, 0.3) is 5.91 Å². The van der Waals surface area contributed by atoms with E-state index in [4.69, 9.17) is 16.9 Å². The van der Waals surface area contributed by atoms with Gasteiger partial charge in [0.2, 0.25) is 0 Å². The van der Waals surface area contributed by atoms with Gasteiger partial charge in [-0.15, -0.1) is 0 Å². The van der Waals surface area contributed by atoms with Crippen LogP contribution in [0.5, 0.6) is 0 Å². The number of benzene rings is 2. The normalized spacial score (nSPS) is 12.5. The van der Waals surface area contributed by atoms with E-state index >= 15 is 0 Å². The number of hydrogen-bond acceptors (Lipinski definition) is 4. The zero-order chi connectivity index (χ0) is 22.8. The molecule has 162 valence electrons. The lowest BCUT2D eigenvalue weighted by Gasteiger charge is -2.30. The molecule has 0 saturated carbocycles. The predicted molar refractivity (Wildman–Crippen MR) is 123 cm³/mol. The fourth-order valence-electron chi connectivity index (χ4n) is 3.71. The van der Waals surface area contributed by atoms with Gasteiger partial charge in [-0.2, -0.15) is 0 Å². The number of nitrogens with two attached hydrogens (primary N) is 2. The maximum atomic E-state index is 12.5. The van der Waals surface area contributed by atoms with Crippen LogP contribution >= 0.6 is 0 Å². The van der Waals surface area contributed by atoms with Crippen molar-refractivity contribution in [2.24, 2.45) is 11.5 Å². The zero-order valence-corrected chi connectivity index (χ0v) is 18.1. The van der Waals surface area contributed by atoms with Crippen LogP contribution in [0.25, 0.3) is 10.9 Å². The lowest BCUT2D eigenvalue weighted by molar-refractivity contribution is -0.119. The second kappa shape index (κ2) is 8.73. The third-order valence-corrected chi connectivity index (χ3v) is 5.84. The van der Waals surface area contributed by atoms with Gasteiger partial charge in [0.05, 0.1) is 6.04 Å². The molecule has 0 aliphatic rings. The number of fused-ring (bicyclic) bond motifs is 1. The Morgan fingerprint density at radius 1 is 1.16 bits per heavy atom. The molecule has 0 aliphatic carbocycles. The molecule has 1 amide bonds. The van der Waals surface area contributed by atoms with Crippen molar-refractivity contribution in [1.82, 2.24) is 10.3 Å². The zero-order valence-electron chi connectivity index (χ0n) is 18.1. The van der Waals surface area contributed by atoms with Crippen molar-refractivity contribution in [3.05, 3.63) is 70.9 Å². The van der Waals surface area contributed by atoms with Crippen molar-refractivity contribution in [2.45, 2.75) is 38.6 Å². The minimum atomic E-state index is -0.604. The van der Waals surface area contributed by atoms with E-state index in [2.05, 4.69) is 10.3 Å². The molecule has 1 unspecified atom stereocenters. The summed E-state index contributed by atoms with van der Waals surface area (Å²) in [4.78, 5) is 27.3. The van der Waals surface area contributed by atoms with E-state index in [1.165, 1.54) is 6.92 Å². The lowest BCUT2D eigenvalue weighted by Crippen LogP contribution is -2.45. The Balaban J connectivity index is 1.62. The third-order valence-electron chi connectivity index (χ3n) is 5.84. The van der Waals surface area contributed by atoms with Crippen molar-refractivity contribution in [2.75, 3.05) is 6.54 Å². The van der Waals surface area contributed by atoms with Gasteiger partial charge in [-0.1, -0.05) is 32.0 Å². The standard InChI is InChI=1S/C24H29N5O2/c1-14(30)21(25)24(2,3)17-7-5-16(6-8-17)23(31)28-11-10-15-4-9-20-18(12-15)19(13-29-20)22(26)27/h4-9,12-13,21,29H,10-11,25H2,1-3H3,(H3,26,27)(H,28,31). The van der Waals surface area contributed by atoms with E-state index in [1.54, 1.807) is 18.3 Å². The monoisotopic (exact) mass is 419 g/mol. The first-order chi connectivity index (χ1) is 14.6. The molecule has 7 N–H and O–H groups in total. The van der Waals surface area contributed by atoms with Crippen molar-refractivity contribution in [3.8, 4) is 0 Å². The highest BCUT2D eigenvalue weighted by molar-refractivity contribution is 6.07. The Morgan fingerprint density at radius 3 is 2.45 bits per heavy atom. The Morgan fingerprint density at radius 2 is 1.84 bits per heavy atom. The summed E-state index contributed by atoms with van der Waals surface area (Å²) in [5.41, 5.74) is 15.3. The van der Waals surface area contributed by atoms with Crippen LogP contribution < -0.4 is 16.8 Å². The molecule has 7 heteroatoms. The van der Waals surface area contributed by atoms with Crippen LogP contribution in [-0.2, 0) is 16.6 Å². The summed E-state index contributed by atoms with van der Waals surface area (Å²) >= 11 is 0. The highest BCUT2D eigenvalue weighted by Gasteiger charge is 2.31. The van der Waals surface area contributed by atoms with Gasteiger partial charge in [0.15, 0.2) is 0 Å². The summed E-state index contributed by atoms with van der Waals surface area (Å²) in [7, 11) is 0. The topological polar surface area (TPSA) is 138 Å². The fourth-order valence-corrected chi connectivity index (χ4v) is 3.71. The van der Waals surface area contributed by atoms with Gasteiger partial charge in [0, 0.05) is 40.2 Å². The molecule has 0 spiro atoms. The summed E-state index contributed by atoms with van der Waals surface area (Å²) in [6, 6.07) is 12.5. The number of nitrogen functional groups attached to an aromatic ring is 1. The van der Waals surface area contributed by atoms with Crippen LogP contribution in [0, 0.1) is 5.41 Å². The number of ketones is 1. The predicted octanol–water partition coefficient (Wildman–Crippen LogP) is 2.62. The summed E-state index contributed by atoms with van der Waals surface area (Å²) in [6.45, 7) is 5.82. The molecule has 0 aliphatic heterocycles. The van der Waals surface area contributed by atoms with Crippen molar-refractivity contribution in [1.29, 1.82) is 5.41 Å². The number of H-pyrrole nitrogens is 1. The molecule has 31 heavy (non-hydrogen) atoms. The highest BCUT2D eigenvalue weighted by atomic mass is 16.1. The number of carbonyl (C=O) groups excluding carboxylic acids is 2. The smallest absolute Gasteiger partial charge is 0.251 e. The number of Topliss-reactive ketones (excluding diaryl/α,β-unsaturated/α-hetero) is 1. The highest BCUT2D eigenvalue weighted by Crippen LogP contribution is 2.27. The molecule has 0 saturated heterocycles. The fraction of sp³-hybridized carbons (Fsp3) is 0.292. The Kier molecular flexibility index (Phi) is 6.27. The molecular formula is C24H29N5O2. The first kappa shape index (κ1) is 22.2. The van der Waals surface area contributed by atoms with Crippen LogP contribution in [-0.4, -0.2) is 35.1 Å². The Bertz CT molecular complexity index is 1130. The maximum Gasteiger partial charge on any atom is 0.251 e. The van der Waals surface area contributed by atoms with Crippen LogP contribution in [0.4, 0.5) is 0 Å².